The molecule has 0 spiro atoms. The van der Waals surface area contributed by atoms with E-state index in [4.69, 9.17) is 5.73 Å². The monoisotopic (exact) mass is 337 g/mol. The van der Waals surface area contributed by atoms with Crippen molar-refractivity contribution in [1.29, 1.82) is 0 Å². The fourth-order valence-corrected chi connectivity index (χ4v) is 3.56. The Labute approximate surface area is 127 Å². The highest BCUT2D eigenvalue weighted by Crippen LogP contribution is 2.29. The smallest absolute Gasteiger partial charge is 0.245 e. The Balaban J connectivity index is 1.91. The topological polar surface area (TPSA) is 59.5 Å². The molecule has 6 heteroatoms. The van der Waals surface area contributed by atoms with Gasteiger partial charge in [0.25, 0.3) is 0 Å². The van der Waals surface area contributed by atoms with E-state index in [1.807, 2.05) is 22.8 Å². The van der Waals surface area contributed by atoms with Crippen molar-refractivity contribution in [3.63, 3.8) is 0 Å². The second-order valence-corrected chi connectivity index (χ2v) is 6.35. The summed E-state index contributed by atoms with van der Waals surface area (Å²) in [5, 5.41) is 4.58. The second kappa shape index (κ2) is 5.69. The van der Waals surface area contributed by atoms with Crippen molar-refractivity contribution in [3.8, 4) is 0 Å². The van der Waals surface area contributed by atoms with E-state index in [9.17, 15) is 0 Å². The third-order valence-electron chi connectivity index (χ3n) is 4.29. The van der Waals surface area contributed by atoms with Crippen molar-refractivity contribution in [2.24, 2.45) is 11.7 Å². The molecule has 0 aliphatic heterocycles. The summed E-state index contributed by atoms with van der Waals surface area (Å²) in [4.78, 5) is 6.85. The van der Waals surface area contributed by atoms with Crippen LogP contribution in [0.15, 0.2) is 22.8 Å². The van der Waals surface area contributed by atoms with Crippen LogP contribution in [0.25, 0.3) is 5.65 Å². The van der Waals surface area contributed by atoms with E-state index in [1.54, 1.807) is 0 Å². The van der Waals surface area contributed by atoms with Crippen LogP contribution >= 0.6 is 15.9 Å². The Morgan fingerprint density at radius 1 is 1.45 bits per heavy atom. The average molecular weight is 338 g/mol. The van der Waals surface area contributed by atoms with Gasteiger partial charge < -0.3 is 10.6 Å². The highest BCUT2D eigenvalue weighted by molar-refractivity contribution is 9.10. The number of rotatable bonds is 3. The standard InChI is InChI=1S/C14H20BrN5/c1-19(12-7-3-2-5-10(12)9-16)14-17-13-11(15)6-4-8-20(13)18-14/h4,6,8,10,12H,2-3,5,7,9,16H2,1H3. The lowest BCUT2D eigenvalue weighted by Crippen LogP contribution is -2.43. The molecule has 3 rings (SSSR count). The van der Waals surface area contributed by atoms with Crippen LogP contribution in [0.3, 0.4) is 0 Å². The Bertz CT molecular complexity index is 596. The van der Waals surface area contributed by atoms with Crippen LogP contribution < -0.4 is 10.6 Å². The minimum absolute atomic E-state index is 0.449. The first kappa shape index (κ1) is 13.8. The van der Waals surface area contributed by atoms with Gasteiger partial charge in [0, 0.05) is 19.3 Å². The van der Waals surface area contributed by atoms with E-state index in [0.717, 1.165) is 22.6 Å². The van der Waals surface area contributed by atoms with Crippen LogP contribution in [0.5, 0.6) is 0 Å². The van der Waals surface area contributed by atoms with E-state index in [1.165, 1.54) is 25.7 Å². The number of pyridine rings is 1. The molecule has 2 atom stereocenters. The van der Waals surface area contributed by atoms with Gasteiger partial charge in [-0.1, -0.05) is 12.8 Å². The quantitative estimate of drug-likeness (QED) is 0.934. The number of fused-ring (bicyclic) bond motifs is 1. The van der Waals surface area contributed by atoms with Crippen LogP contribution in [-0.4, -0.2) is 34.2 Å². The lowest BCUT2D eigenvalue weighted by atomic mass is 9.84. The summed E-state index contributed by atoms with van der Waals surface area (Å²) < 4.78 is 2.78. The molecular formula is C14H20BrN5. The summed E-state index contributed by atoms with van der Waals surface area (Å²) >= 11 is 3.52. The van der Waals surface area contributed by atoms with Gasteiger partial charge in [0.1, 0.15) is 0 Å². The summed E-state index contributed by atoms with van der Waals surface area (Å²) in [6.07, 6.45) is 6.86. The predicted octanol–water partition coefficient (Wildman–Crippen LogP) is 2.45. The van der Waals surface area contributed by atoms with E-state index in [-0.39, 0.29) is 0 Å². The molecule has 2 aromatic rings. The molecule has 2 aromatic heterocycles. The number of nitrogens with zero attached hydrogens (tertiary/aromatic N) is 4. The summed E-state index contributed by atoms with van der Waals surface area (Å²) in [6.45, 7) is 0.742. The van der Waals surface area contributed by atoms with Gasteiger partial charge in [0.2, 0.25) is 5.95 Å². The van der Waals surface area contributed by atoms with Crippen molar-refractivity contribution >= 4 is 27.5 Å². The van der Waals surface area contributed by atoms with Crippen LogP contribution in [0.4, 0.5) is 5.95 Å². The molecular weight excluding hydrogens is 318 g/mol. The molecule has 108 valence electrons. The largest absolute Gasteiger partial charge is 0.339 e. The van der Waals surface area contributed by atoms with Crippen molar-refractivity contribution in [1.82, 2.24) is 14.6 Å². The average Bonchev–Trinajstić information content (AvgIpc) is 2.92. The van der Waals surface area contributed by atoms with E-state index < -0.39 is 0 Å². The molecule has 0 bridgehead atoms. The van der Waals surface area contributed by atoms with Gasteiger partial charge in [-0.2, -0.15) is 4.98 Å². The Morgan fingerprint density at radius 2 is 2.25 bits per heavy atom. The molecule has 0 aromatic carbocycles. The molecule has 1 saturated carbocycles. The molecule has 2 unspecified atom stereocenters. The van der Waals surface area contributed by atoms with E-state index >= 15 is 0 Å². The Hall–Kier alpha value is -1.14. The zero-order valence-electron chi connectivity index (χ0n) is 11.7. The lowest BCUT2D eigenvalue weighted by molar-refractivity contribution is 0.304. The van der Waals surface area contributed by atoms with Gasteiger partial charge in [0.15, 0.2) is 5.65 Å². The summed E-state index contributed by atoms with van der Waals surface area (Å²) in [5.41, 5.74) is 6.78. The van der Waals surface area contributed by atoms with Gasteiger partial charge in [-0.05, 0) is 53.4 Å². The van der Waals surface area contributed by atoms with Crippen molar-refractivity contribution < 1.29 is 0 Å². The van der Waals surface area contributed by atoms with E-state index in [2.05, 4.69) is 38.0 Å². The third kappa shape index (κ3) is 2.42. The highest BCUT2D eigenvalue weighted by atomic mass is 79.9. The SMILES string of the molecule is CN(c1nc2c(Br)cccn2n1)C1CCCCC1CN. The van der Waals surface area contributed by atoms with E-state index in [0.29, 0.717) is 12.0 Å². The van der Waals surface area contributed by atoms with Crippen LogP contribution in [-0.2, 0) is 0 Å². The maximum absolute atomic E-state index is 5.93. The van der Waals surface area contributed by atoms with Crippen molar-refractivity contribution in [2.75, 3.05) is 18.5 Å². The Morgan fingerprint density at radius 3 is 3.00 bits per heavy atom. The summed E-state index contributed by atoms with van der Waals surface area (Å²) in [5.74, 6) is 1.33. The molecule has 5 nitrogen and oxygen atoms in total. The fraction of sp³-hybridized carbons (Fsp3) is 0.571. The molecule has 0 radical (unpaired) electrons. The second-order valence-electron chi connectivity index (χ2n) is 5.49. The van der Waals surface area contributed by atoms with Crippen molar-refractivity contribution in [2.45, 2.75) is 31.7 Å². The van der Waals surface area contributed by atoms with Gasteiger partial charge in [0.05, 0.1) is 4.47 Å². The molecule has 2 N–H and O–H groups in total. The molecule has 20 heavy (non-hydrogen) atoms. The molecule has 0 amide bonds. The zero-order valence-corrected chi connectivity index (χ0v) is 13.3. The van der Waals surface area contributed by atoms with Gasteiger partial charge in [-0.3, -0.25) is 0 Å². The number of hydrogen-bond donors (Lipinski definition) is 1. The Kier molecular flexibility index (Phi) is 3.94. The maximum Gasteiger partial charge on any atom is 0.245 e. The van der Waals surface area contributed by atoms with Crippen LogP contribution in [0.2, 0.25) is 0 Å². The van der Waals surface area contributed by atoms with Gasteiger partial charge in [-0.25, -0.2) is 4.52 Å². The van der Waals surface area contributed by atoms with Gasteiger partial charge >= 0.3 is 0 Å². The molecule has 1 aliphatic carbocycles. The number of halogens is 1. The molecule has 0 saturated heterocycles. The number of aromatic nitrogens is 3. The zero-order chi connectivity index (χ0) is 14.1. The van der Waals surface area contributed by atoms with Crippen LogP contribution in [0.1, 0.15) is 25.7 Å². The number of anilines is 1. The fourth-order valence-electron chi connectivity index (χ4n) is 3.13. The molecule has 1 aliphatic rings. The number of nitrogens with two attached hydrogens (primary N) is 1. The summed E-state index contributed by atoms with van der Waals surface area (Å²) in [7, 11) is 2.08. The highest BCUT2D eigenvalue weighted by Gasteiger charge is 2.29. The first-order valence-electron chi connectivity index (χ1n) is 7.14. The van der Waals surface area contributed by atoms with Crippen LogP contribution in [0, 0.1) is 5.92 Å². The lowest BCUT2D eigenvalue weighted by Gasteiger charge is -2.36. The third-order valence-corrected chi connectivity index (χ3v) is 4.91. The first-order chi connectivity index (χ1) is 9.70. The minimum Gasteiger partial charge on any atom is -0.339 e. The predicted molar refractivity (Wildman–Crippen MR) is 83.9 cm³/mol. The maximum atomic E-state index is 5.93. The van der Waals surface area contributed by atoms with Gasteiger partial charge in [-0.15, -0.1) is 5.10 Å². The number of hydrogen-bond acceptors (Lipinski definition) is 4. The molecule has 1 fully saturated rings. The summed E-state index contributed by atoms with van der Waals surface area (Å²) in [6, 6.07) is 4.39. The first-order valence-corrected chi connectivity index (χ1v) is 7.94. The molecule has 2 heterocycles. The minimum atomic E-state index is 0.449. The normalized spacial score (nSPS) is 23.1. The van der Waals surface area contributed by atoms with Crippen molar-refractivity contribution in [3.05, 3.63) is 22.8 Å².